The topological polar surface area (TPSA) is 30.2 Å². The van der Waals surface area contributed by atoms with Gasteiger partial charge in [-0.2, -0.15) is 0 Å². The van der Waals surface area contributed by atoms with Crippen molar-refractivity contribution >= 4 is 0 Å². The summed E-state index contributed by atoms with van der Waals surface area (Å²) in [5.74, 6) is 0.491. The van der Waals surface area contributed by atoms with E-state index in [1.165, 1.54) is 12.1 Å². The molecule has 3 heteroatoms. The van der Waals surface area contributed by atoms with Crippen LogP contribution in [0.4, 0.5) is 4.39 Å². The summed E-state index contributed by atoms with van der Waals surface area (Å²) in [6, 6.07) is 10.0. The summed E-state index contributed by atoms with van der Waals surface area (Å²) in [6.45, 7) is 2.04. The smallest absolute Gasteiger partial charge is 0.339 e. The average Bonchev–Trinajstić information content (AvgIpc) is 2.40. The van der Waals surface area contributed by atoms with Gasteiger partial charge in [0.15, 0.2) is 0 Å². The first-order valence-electron chi connectivity index (χ1n) is 6.55. The SMILES string of the molecule is CCCc1ccc(CCc2ccc(F)cc2)c(=O)o1. The maximum atomic E-state index is 12.8. The molecular formula is C16H17FO2. The number of hydrogen-bond donors (Lipinski definition) is 0. The summed E-state index contributed by atoms with van der Waals surface area (Å²) in [6.07, 6.45) is 3.06. The number of rotatable bonds is 5. The molecule has 1 aromatic heterocycles. The van der Waals surface area contributed by atoms with E-state index in [9.17, 15) is 9.18 Å². The van der Waals surface area contributed by atoms with E-state index in [2.05, 4.69) is 0 Å². The van der Waals surface area contributed by atoms with Crippen molar-refractivity contribution < 1.29 is 8.81 Å². The quantitative estimate of drug-likeness (QED) is 0.823. The number of benzene rings is 1. The van der Waals surface area contributed by atoms with Crippen LogP contribution in [-0.4, -0.2) is 0 Å². The molecule has 0 saturated carbocycles. The molecule has 2 nitrogen and oxygen atoms in total. The zero-order valence-corrected chi connectivity index (χ0v) is 11.0. The Morgan fingerprint density at radius 2 is 1.74 bits per heavy atom. The van der Waals surface area contributed by atoms with Gasteiger partial charge in [0.1, 0.15) is 11.6 Å². The Morgan fingerprint density at radius 1 is 1.00 bits per heavy atom. The van der Waals surface area contributed by atoms with Crippen LogP contribution in [-0.2, 0) is 19.3 Å². The maximum Gasteiger partial charge on any atom is 0.339 e. The van der Waals surface area contributed by atoms with E-state index in [1.54, 1.807) is 12.1 Å². The van der Waals surface area contributed by atoms with Gasteiger partial charge in [-0.05, 0) is 49.1 Å². The fourth-order valence-corrected chi connectivity index (χ4v) is 1.98. The normalized spacial score (nSPS) is 10.6. The van der Waals surface area contributed by atoms with Gasteiger partial charge in [0.25, 0.3) is 0 Å². The first-order valence-corrected chi connectivity index (χ1v) is 6.55. The van der Waals surface area contributed by atoms with Crippen molar-refractivity contribution in [1.29, 1.82) is 0 Å². The molecule has 1 aromatic carbocycles. The predicted molar refractivity (Wildman–Crippen MR) is 72.8 cm³/mol. The summed E-state index contributed by atoms with van der Waals surface area (Å²) in [5.41, 5.74) is 1.43. The third-order valence-corrected chi connectivity index (χ3v) is 3.05. The van der Waals surface area contributed by atoms with Crippen LogP contribution in [0.25, 0.3) is 0 Å². The van der Waals surface area contributed by atoms with Crippen molar-refractivity contribution in [2.75, 3.05) is 0 Å². The van der Waals surface area contributed by atoms with Crippen LogP contribution >= 0.6 is 0 Å². The van der Waals surface area contributed by atoms with E-state index in [-0.39, 0.29) is 11.4 Å². The Labute approximate surface area is 111 Å². The van der Waals surface area contributed by atoms with Gasteiger partial charge in [0.05, 0.1) is 0 Å². The molecule has 0 saturated heterocycles. The lowest BCUT2D eigenvalue weighted by Gasteiger charge is -2.02. The largest absolute Gasteiger partial charge is 0.428 e. The number of hydrogen-bond acceptors (Lipinski definition) is 2. The highest BCUT2D eigenvalue weighted by Crippen LogP contribution is 2.08. The maximum absolute atomic E-state index is 12.8. The summed E-state index contributed by atoms with van der Waals surface area (Å²) < 4.78 is 18.0. The number of halogens is 1. The Bertz CT molecular complexity index is 584. The van der Waals surface area contributed by atoms with Gasteiger partial charge in [-0.25, -0.2) is 9.18 Å². The lowest BCUT2D eigenvalue weighted by atomic mass is 10.1. The Hall–Kier alpha value is -1.90. The standard InChI is InChI=1S/C16H17FO2/c1-2-3-15-11-8-13(16(18)19-15)7-4-12-5-9-14(17)10-6-12/h5-6,8-11H,2-4,7H2,1H3. The van der Waals surface area contributed by atoms with Crippen LogP contribution in [0.2, 0.25) is 0 Å². The molecule has 0 atom stereocenters. The second-order valence-corrected chi connectivity index (χ2v) is 4.59. The van der Waals surface area contributed by atoms with Crippen LogP contribution in [0, 0.1) is 5.82 Å². The van der Waals surface area contributed by atoms with E-state index in [1.807, 2.05) is 19.1 Å². The summed E-state index contributed by atoms with van der Waals surface area (Å²) in [7, 11) is 0. The average molecular weight is 260 g/mol. The fourth-order valence-electron chi connectivity index (χ4n) is 1.98. The van der Waals surface area contributed by atoms with Gasteiger partial charge in [-0.1, -0.05) is 19.1 Å². The van der Waals surface area contributed by atoms with Crippen molar-refractivity contribution in [2.45, 2.75) is 32.6 Å². The van der Waals surface area contributed by atoms with Crippen molar-refractivity contribution in [3.8, 4) is 0 Å². The fraction of sp³-hybridized carbons (Fsp3) is 0.312. The van der Waals surface area contributed by atoms with Crippen LogP contribution in [0.15, 0.2) is 45.6 Å². The molecule has 0 fully saturated rings. The van der Waals surface area contributed by atoms with E-state index in [0.717, 1.165) is 24.2 Å². The molecule has 0 radical (unpaired) electrons. The molecule has 0 spiro atoms. The van der Waals surface area contributed by atoms with Gasteiger partial charge in [-0.3, -0.25) is 0 Å². The van der Waals surface area contributed by atoms with E-state index in [0.29, 0.717) is 18.4 Å². The lowest BCUT2D eigenvalue weighted by Crippen LogP contribution is -2.09. The minimum atomic E-state index is -0.256. The molecular weight excluding hydrogens is 243 g/mol. The van der Waals surface area contributed by atoms with Gasteiger partial charge >= 0.3 is 5.63 Å². The molecule has 1 heterocycles. The molecule has 0 unspecified atom stereocenters. The summed E-state index contributed by atoms with van der Waals surface area (Å²) in [4.78, 5) is 11.8. The molecule has 0 aliphatic rings. The zero-order chi connectivity index (χ0) is 13.7. The Balaban J connectivity index is 2.03. The lowest BCUT2D eigenvalue weighted by molar-refractivity contribution is 0.449. The highest BCUT2D eigenvalue weighted by molar-refractivity contribution is 5.19. The highest BCUT2D eigenvalue weighted by atomic mass is 19.1. The van der Waals surface area contributed by atoms with Gasteiger partial charge < -0.3 is 4.42 Å². The first kappa shape index (κ1) is 13.5. The zero-order valence-electron chi connectivity index (χ0n) is 11.0. The van der Waals surface area contributed by atoms with Crippen molar-refractivity contribution in [2.24, 2.45) is 0 Å². The summed E-state index contributed by atoms with van der Waals surface area (Å²) >= 11 is 0. The molecule has 2 aromatic rings. The van der Waals surface area contributed by atoms with Gasteiger partial charge in [0, 0.05) is 12.0 Å². The van der Waals surface area contributed by atoms with Gasteiger partial charge in [0.2, 0.25) is 0 Å². The van der Waals surface area contributed by atoms with Crippen LogP contribution in [0.5, 0.6) is 0 Å². The molecule has 0 N–H and O–H groups in total. The minimum Gasteiger partial charge on any atom is -0.428 e. The van der Waals surface area contributed by atoms with E-state index < -0.39 is 0 Å². The highest BCUT2D eigenvalue weighted by Gasteiger charge is 2.04. The van der Waals surface area contributed by atoms with Crippen molar-refractivity contribution in [1.82, 2.24) is 0 Å². The molecule has 0 bridgehead atoms. The molecule has 0 aliphatic heterocycles. The van der Waals surface area contributed by atoms with Crippen LogP contribution in [0.3, 0.4) is 0 Å². The Kier molecular flexibility index (Phi) is 4.50. The first-order chi connectivity index (χ1) is 9.19. The minimum absolute atomic E-state index is 0.243. The predicted octanol–water partition coefficient (Wildman–Crippen LogP) is 3.52. The van der Waals surface area contributed by atoms with Crippen molar-refractivity contribution in [3.05, 3.63) is 69.5 Å². The van der Waals surface area contributed by atoms with Crippen molar-refractivity contribution in [3.63, 3.8) is 0 Å². The Morgan fingerprint density at radius 3 is 2.37 bits per heavy atom. The molecule has 0 aliphatic carbocycles. The van der Waals surface area contributed by atoms with Crippen LogP contribution in [0.1, 0.15) is 30.2 Å². The van der Waals surface area contributed by atoms with E-state index >= 15 is 0 Å². The molecule has 0 amide bonds. The van der Waals surface area contributed by atoms with E-state index in [4.69, 9.17) is 4.42 Å². The monoisotopic (exact) mass is 260 g/mol. The third kappa shape index (κ3) is 3.78. The van der Waals surface area contributed by atoms with Gasteiger partial charge in [-0.15, -0.1) is 0 Å². The second kappa shape index (κ2) is 6.32. The second-order valence-electron chi connectivity index (χ2n) is 4.59. The number of aryl methyl sites for hydroxylation is 3. The molecule has 19 heavy (non-hydrogen) atoms. The molecule has 100 valence electrons. The third-order valence-electron chi connectivity index (χ3n) is 3.05. The van der Waals surface area contributed by atoms with Crippen LogP contribution < -0.4 is 5.63 Å². The molecule has 2 rings (SSSR count). The summed E-state index contributed by atoms with van der Waals surface area (Å²) in [5, 5.41) is 0.